The predicted molar refractivity (Wildman–Crippen MR) is 75.5 cm³/mol. The number of benzene rings is 1. The molecule has 0 aromatic heterocycles. The third-order valence-corrected chi connectivity index (χ3v) is 3.19. The predicted octanol–water partition coefficient (Wildman–Crippen LogP) is 2.95. The second-order valence-corrected chi connectivity index (χ2v) is 4.51. The average Bonchev–Trinajstić information content (AvgIpc) is 2.42. The van der Waals surface area contributed by atoms with Crippen LogP contribution in [0.15, 0.2) is 18.2 Å². The van der Waals surface area contributed by atoms with E-state index in [1.807, 2.05) is 13.8 Å². The molecule has 4 nitrogen and oxygen atoms in total. The van der Waals surface area contributed by atoms with Gasteiger partial charge in [0.05, 0.1) is 5.69 Å². The fourth-order valence-corrected chi connectivity index (χ4v) is 2.10. The van der Waals surface area contributed by atoms with E-state index in [4.69, 9.17) is 5.73 Å². The van der Waals surface area contributed by atoms with Gasteiger partial charge in [0.25, 0.3) is 0 Å². The number of carbonyl (C=O) groups is 1. The topological polar surface area (TPSA) is 58.4 Å². The molecule has 0 aliphatic heterocycles. The van der Waals surface area contributed by atoms with Gasteiger partial charge >= 0.3 is 6.03 Å². The van der Waals surface area contributed by atoms with Gasteiger partial charge in [-0.05, 0) is 25.0 Å². The Morgan fingerprint density at radius 3 is 2.50 bits per heavy atom. The Morgan fingerprint density at radius 1 is 1.35 bits per heavy atom. The van der Waals surface area contributed by atoms with E-state index in [1.54, 1.807) is 4.90 Å². The number of nitrogens with one attached hydrogen (secondary N) is 1. The van der Waals surface area contributed by atoms with Crippen molar-refractivity contribution in [2.45, 2.75) is 32.7 Å². The SMILES string of the molecule is CCC(CC)N(CCN)C(=O)Nc1ccc(F)cc1F. The molecule has 1 aromatic carbocycles. The fourth-order valence-electron chi connectivity index (χ4n) is 2.10. The number of halogens is 2. The molecular formula is C14H21F2N3O. The van der Waals surface area contributed by atoms with Gasteiger partial charge in [-0.2, -0.15) is 0 Å². The number of urea groups is 1. The molecule has 0 saturated carbocycles. The molecule has 0 aliphatic rings. The number of nitrogens with zero attached hydrogens (tertiary/aromatic N) is 1. The molecular weight excluding hydrogens is 264 g/mol. The van der Waals surface area contributed by atoms with Crippen molar-refractivity contribution in [1.29, 1.82) is 0 Å². The molecule has 2 amide bonds. The van der Waals surface area contributed by atoms with Crippen LogP contribution in [0.3, 0.4) is 0 Å². The van der Waals surface area contributed by atoms with Gasteiger partial charge in [-0.25, -0.2) is 13.6 Å². The van der Waals surface area contributed by atoms with E-state index in [-0.39, 0.29) is 11.7 Å². The number of amides is 2. The first-order valence-corrected chi connectivity index (χ1v) is 6.76. The molecule has 3 N–H and O–H groups in total. The highest BCUT2D eigenvalue weighted by Crippen LogP contribution is 2.17. The first-order valence-electron chi connectivity index (χ1n) is 6.76. The second kappa shape index (κ2) is 7.79. The summed E-state index contributed by atoms with van der Waals surface area (Å²) in [5.41, 5.74) is 5.47. The number of hydrogen-bond acceptors (Lipinski definition) is 2. The van der Waals surface area contributed by atoms with Gasteiger partial charge in [-0.15, -0.1) is 0 Å². The normalized spacial score (nSPS) is 10.7. The van der Waals surface area contributed by atoms with Crippen LogP contribution >= 0.6 is 0 Å². The van der Waals surface area contributed by atoms with Crippen LogP contribution < -0.4 is 11.1 Å². The summed E-state index contributed by atoms with van der Waals surface area (Å²) in [4.78, 5) is 13.8. The molecule has 1 aromatic rings. The van der Waals surface area contributed by atoms with Crippen LogP contribution in [0.1, 0.15) is 26.7 Å². The Balaban J connectivity index is 2.84. The molecule has 0 fully saturated rings. The molecule has 112 valence electrons. The Bertz CT molecular complexity index is 450. The Kier molecular flexibility index (Phi) is 6.38. The number of anilines is 1. The van der Waals surface area contributed by atoms with Crippen molar-refractivity contribution in [3.05, 3.63) is 29.8 Å². The lowest BCUT2D eigenvalue weighted by Gasteiger charge is -2.30. The van der Waals surface area contributed by atoms with Gasteiger partial charge in [-0.1, -0.05) is 13.8 Å². The van der Waals surface area contributed by atoms with Crippen molar-refractivity contribution in [1.82, 2.24) is 4.90 Å². The Morgan fingerprint density at radius 2 is 2.00 bits per heavy atom. The average molecular weight is 285 g/mol. The highest BCUT2D eigenvalue weighted by Gasteiger charge is 2.21. The minimum absolute atomic E-state index is 0.0376. The standard InChI is InChI=1S/C14H21F2N3O/c1-3-11(4-2)19(8-7-17)14(20)18-13-6-5-10(15)9-12(13)16/h5-6,9,11H,3-4,7-8,17H2,1-2H3,(H,18,20). The molecule has 0 aliphatic carbocycles. The van der Waals surface area contributed by atoms with Crippen molar-refractivity contribution < 1.29 is 13.6 Å². The lowest BCUT2D eigenvalue weighted by atomic mass is 10.1. The van der Waals surface area contributed by atoms with Gasteiger partial charge in [0.2, 0.25) is 0 Å². The third-order valence-electron chi connectivity index (χ3n) is 3.19. The number of nitrogens with two attached hydrogens (primary N) is 1. The molecule has 0 atom stereocenters. The van der Waals surface area contributed by atoms with Crippen LogP contribution in [0.5, 0.6) is 0 Å². The minimum Gasteiger partial charge on any atom is -0.329 e. The molecule has 0 unspecified atom stereocenters. The zero-order valence-corrected chi connectivity index (χ0v) is 11.8. The van der Waals surface area contributed by atoms with E-state index in [0.29, 0.717) is 13.1 Å². The maximum Gasteiger partial charge on any atom is 0.322 e. The van der Waals surface area contributed by atoms with E-state index >= 15 is 0 Å². The fraction of sp³-hybridized carbons (Fsp3) is 0.500. The van der Waals surface area contributed by atoms with E-state index in [9.17, 15) is 13.6 Å². The van der Waals surface area contributed by atoms with Gasteiger partial charge < -0.3 is 16.0 Å². The van der Waals surface area contributed by atoms with Gasteiger partial charge in [0.15, 0.2) is 0 Å². The first-order chi connectivity index (χ1) is 9.53. The maximum absolute atomic E-state index is 13.5. The van der Waals surface area contributed by atoms with Crippen molar-refractivity contribution in [2.24, 2.45) is 5.73 Å². The first kappa shape index (κ1) is 16.4. The van der Waals surface area contributed by atoms with Crippen LogP contribution in [-0.2, 0) is 0 Å². The summed E-state index contributed by atoms with van der Waals surface area (Å²) in [7, 11) is 0. The van der Waals surface area contributed by atoms with Crippen LogP contribution in [0.25, 0.3) is 0 Å². The van der Waals surface area contributed by atoms with Gasteiger partial charge in [0.1, 0.15) is 11.6 Å². The number of hydrogen-bond donors (Lipinski definition) is 2. The van der Waals surface area contributed by atoms with Gasteiger partial charge in [-0.3, -0.25) is 0 Å². The van der Waals surface area contributed by atoms with Gasteiger partial charge in [0, 0.05) is 25.2 Å². The quantitative estimate of drug-likeness (QED) is 0.844. The number of carbonyl (C=O) groups excluding carboxylic acids is 1. The summed E-state index contributed by atoms with van der Waals surface area (Å²) in [5.74, 6) is -1.48. The summed E-state index contributed by atoms with van der Waals surface area (Å²) >= 11 is 0. The molecule has 1 rings (SSSR count). The molecule has 6 heteroatoms. The van der Waals surface area contributed by atoms with E-state index in [0.717, 1.165) is 25.0 Å². The zero-order chi connectivity index (χ0) is 15.1. The Hall–Kier alpha value is -1.69. The van der Waals surface area contributed by atoms with E-state index < -0.39 is 17.7 Å². The maximum atomic E-state index is 13.5. The third kappa shape index (κ3) is 4.16. The summed E-state index contributed by atoms with van der Waals surface area (Å²) in [6.07, 6.45) is 1.58. The highest BCUT2D eigenvalue weighted by molar-refractivity contribution is 5.89. The number of rotatable bonds is 6. The van der Waals surface area contributed by atoms with Crippen LogP contribution in [0.4, 0.5) is 19.3 Å². The zero-order valence-electron chi connectivity index (χ0n) is 11.8. The lowest BCUT2D eigenvalue weighted by molar-refractivity contribution is 0.185. The summed E-state index contributed by atoms with van der Waals surface area (Å²) < 4.78 is 26.3. The summed E-state index contributed by atoms with van der Waals surface area (Å²) in [5, 5.41) is 2.46. The monoisotopic (exact) mass is 285 g/mol. The summed E-state index contributed by atoms with van der Waals surface area (Å²) in [6.45, 7) is 4.67. The van der Waals surface area contributed by atoms with Crippen molar-refractivity contribution in [2.75, 3.05) is 18.4 Å². The second-order valence-electron chi connectivity index (χ2n) is 4.51. The van der Waals surface area contributed by atoms with E-state index in [2.05, 4.69) is 5.32 Å². The molecule has 20 heavy (non-hydrogen) atoms. The molecule has 0 heterocycles. The molecule has 0 saturated heterocycles. The Labute approximate surface area is 117 Å². The van der Waals surface area contributed by atoms with Crippen molar-refractivity contribution >= 4 is 11.7 Å². The molecule has 0 spiro atoms. The molecule has 0 bridgehead atoms. The summed E-state index contributed by atoms with van der Waals surface area (Å²) in [6, 6.07) is 2.66. The minimum atomic E-state index is -0.796. The smallest absolute Gasteiger partial charge is 0.322 e. The molecule has 0 radical (unpaired) electrons. The van der Waals surface area contributed by atoms with Crippen LogP contribution in [0, 0.1) is 11.6 Å². The van der Waals surface area contributed by atoms with E-state index in [1.165, 1.54) is 6.07 Å². The van der Waals surface area contributed by atoms with Crippen molar-refractivity contribution in [3.63, 3.8) is 0 Å². The van der Waals surface area contributed by atoms with Crippen LogP contribution in [0.2, 0.25) is 0 Å². The lowest BCUT2D eigenvalue weighted by Crippen LogP contribution is -2.45. The van der Waals surface area contributed by atoms with Crippen LogP contribution in [-0.4, -0.2) is 30.1 Å². The van der Waals surface area contributed by atoms with Crippen molar-refractivity contribution in [3.8, 4) is 0 Å². The largest absolute Gasteiger partial charge is 0.329 e. The highest BCUT2D eigenvalue weighted by atomic mass is 19.1.